The number of carbonyl (C=O) groups excluding carboxylic acids is 1. The number of methoxy groups -OCH3 is 1. The zero-order valence-electron chi connectivity index (χ0n) is 17.8. The van der Waals surface area contributed by atoms with Crippen molar-refractivity contribution in [1.82, 2.24) is 9.88 Å². The van der Waals surface area contributed by atoms with E-state index in [0.29, 0.717) is 5.02 Å². The number of nitrogens with zero attached hydrogens (tertiary/aromatic N) is 1. The van der Waals surface area contributed by atoms with E-state index in [1.54, 1.807) is 18.3 Å². The van der Waals surface area contributed by atoms with E-state index in [9.17, 15) is 14.7 Å². The maximum atomic E-state index is 13.1. The van der Waals surface area contributed by atoms with Crippen molar-refractivity contribution >= 4 is 34.6 Å². The van der Waals surface area contributed by atoms with Gasteiger partial charge < -0.3 is 14.8 Å². The number of aromatic amines is 1. The summed E-state index contributed by atoms with van der Waals surface area (Å²) in [6.07, 6.45) is 1.18. The number of rotatable bonds is 5. The third-order valence-electron chi connectivity index (χ3n) is 6.23. The fourth-order valence-corrected chi connectivity index (χ4v) is 4.96. The van der Waals surface area contributed by atoms with Gasteiger partial charge in [-0.1, -0.05) is 66.2 Å². The van der Waals surface area contributed by atoms with Gasteiger partial charge in [-0.05, 0) is 39.9 Å². The Labute approximate surface area is 195 Å². The molecule has 1 aromatic heterocycles. The Morgan fingerprint density at radius 1 is 1.06 bits per heavy atom. The Morgan fingerprint density at radius 2 is 1.70 bits per heavy atom. The molecule has 0 unspecified atom stereocenters. The molecule has 4 aromatic rings. The Balaban J connectivity index is 1.63. The smallest absolute Gasteiger partial charge is 0.411 e. The molecule has 0 aliphatic heterocycles. The first-order chi connectivity index (χ1) is 16.0. The molecule has 1 heterocycles. The zero-order valence-corrected chi connectivity index (χ0v) is 18.5. The number of hydrogen-bond acceptors (Lipinski definition) is 3. The molecule has 6 nitrogen and oxygen atoms in total. The van der Waals surface area contributed by atoms with Crippen LogP contribution >= 0.6 is 11.6 Å². The first-order valence-electron chi connectivity index (χ1n) is 10.5. The Morgan fingerprint density at radius 3 is 2.30 bits per heavy atom. The van der Waals surface area contributed by atoms with Gasteiger partial charge in [-0.15, -0.1) is 0 Å². The Hall–Kier alpha value is -3.77. The van der Waals surface area contributed by atoms with E-state index >= 15 is 0 Å². The molecular weight excluding hydrogens is 440 g/mol. The summed E-state index contributed by atoms with van der Waals surface area (Å²) in [4.78, 5) is 30.2. The minimum absolute atomic E-state index is 0.104. The van der Waals surface area contributed by atoms with Crippen LogP contribution in [0.25, 0.3) is 22.0 Å². The van der Waals surface area contributed by atoms with Gasteiger partial charge in [-0.3, -0.25) is 4.90 Å². The van der Waals surface area contributed by atoms with Crippen LogP contribution in [0.15, 0.2) is 72.9 Å². The Kier molecular flexibility index (Phi) is 5.30. The number of benzene rings is 3. The molecule has 1 aliphatic rings. The number of fused-ring (bicyclic) bond motifs is 4. The zero-order chi connectivity index (χ0) is 23.1. The SMILES string of the molecule is COC(=O)N(C1c2ccccc2-c2ccccc21)[C@H](Cc1c[nH]c2cc(Cl)ccc12)C(=O)O. The molecule has 166 valence electrons. The van der Waals surface area contributed by atoms with Crippen LogP contribution in [0.3, 0.4) is 0 Å². The number of ether oxygens (including phenoxy) is 1. The lowest BCUT2D eigenvalue weighted by Gasteiger charge is -2.34. The topological polar surface area (TPSA) is 82.6 Å². The number of amides is 1. The molecule has 0 spiro atoms. The van der Waals surface area contributed by atoms with Gasteiger partial charge in [0.05, 0.1) is 13.2 Å². The van der Waals surface area contributed by atoms with Gasteiger partial charge in [0, 0.05) is 28.5 Å². The summed E-state index contributed by atoms with van der Waals surface area (Å²) in [5, 5.41) is 11.7. The maximum absolute atomic E-state index is 13.1. The third kappa shape index (κ3) is 3.52. The van der Waals surface area contributed by atoms with Gasteiger partial charge in [0.15, 0.2) is 0 Å². The second-order valence-electron chi connectivity index (χ2n) is 8.02. The van der Waals surface area contributed by atoms with Gasteiger partial charge in [0.1, 0.15) is 6.04 Å². The number of carboxylic acids is 1. The third-order valence-corrected chi connectivity index (χ3v) is 6.46. The summed E-state index contributed by atoms with van der Waals surface area (Å²) < 4.78 is 5.11. The molecule has 0 bridgehead atoms. The predicted octanol–water partition coefficient (Wildman–Crippen LogP) is 5.66. The van der Waals surface area contributed by atoms with Gasteiger partial charge >= 0.3 is 12.1 Å². The van der Waals surface area contributed by atoms with Gasteiger partial charge in [0.2, 0.25) is 0 Å². The fraction of sp³-hybridized carbons (Fsp3) is 0.154. The first kappa shape index (κ1) is 21.1. The van der Waals surface area contributed by atoms with Crippen molar-refractivity contribution in [3.8, 4) is 11.1 Å². The summed E-state index contributed by atoms with van der Waals surface area (Å²) in [6.45, 7) is 0. The van der Waals surface area contributed by atoms with Crippen LogP contribution in [0, 0.1) is 0 Å². The minimum Gasteiger partial charge on any atom is -0.480 e. The normalized spacial score (nSPS) is 13.4. The van der Waals surface area contributed by atoms with Crippen LogP contribution in [-0.2, 0) is 16.0 Å². The summed E-state index contributed by atoms with van der Waals surface area (Å²) in [7, 11) is 1.27. The molecule has 0 saturated heterocycles. The van der Waals surface area contributed by atoms with E-state index in [2.05, 4.69) is 4.98 Å². The lowest BCUT2D eigenvalue weighted by atomic mass is 9.98. The number of halogens is 1. The number of aromatic nitrogens is 1. The van der Waals surface area contributed by atoms with Crippen molar-refractivity contribution in [2.75, 3.05) is 7.11 Å². The molecule has 33 heavy (non-hydrogen) atoms. The van der Waals surface area contributed by atoms with E-state index in [0.717, 1.165) is 38.7 Å². The van der Waals surface area contributed by atoms with Gasteiger partial charge in [-0.25, -0.2) is 9.59 Å². The van der Waals surface area contributed by atoms with Crippen LogP contribution in [-0.4, -0.2) is 40.2 Å². The summed E-state index contributed by atoms with van der Waals surface area (Å²) in [6, 6.07) is 19.2. The molecule has 1 aliphatic carbocycles. The molecule has 0 radical (unpaired) electrons. The number of carboxylic acid groups (broad SMARTS) is 1. The lowest BCUT2D eigenvalue weighted by molar-refractivity contribution is -0.143. The van der Waals surface area contributed by atoms with E-state index in [4.69, 9.17) is 16.3 Å². The molecule has 5 rings (SSSR count). The van der Waals surface area contributed by atoms with Crippen LogP contribution in [0.5, 0.6) is 0 Å². The van der Waals surface area contributed by atoms with E-state index in [-0.39, 0.29) is 6.42 Å². The highest BCUT2D eigenvalue weighted by Crippen LogP contribution is 2.47. The number of H-pyrrole nitrogens is 1. The van der Waals surface area contributed by atoms with E-state index in [1.165, 1.54) is 12.0 Å². The van der Waals surface area contributed by atoms with Gasteiger partial charge in [-0.2, -0.15) is 0 Å². The quantitative estimate of drug-likeness (QED) is 0.403. The highest BCUT2D eigenvalue weighted by molar-refractivity contribution is 6.31. The molecule has 1 atom stereocenters. The maximum Gasteiger partial charge on any atom is 0.411 e. The van der Waals surface area contributed by atoms with Crippen molar-refractivity contribution in [3.05, 3.63) is 94.6 Å². The number of nitrogens with one attached hydrogen (secondary N) is 1. The monoisotopic (exact) mass is 460 g/mol. The van der Waals surface area contributed by atoms with E-state index in [1.807, 2.05) is 54.6 Å². The molecule has 2 N–H and O–H groups in total. The number of carbonyl (C=O) groups is 2. The van der Waals surface area contributed by atoms with Gasteiger partial charge in [0.25, 0.3) is 0 Å². The average molecular weight is 461 g/mol. The van der Waals surface area contributed by atoms with Crippen molar-refractivity contribution in [1.29, 1.82) is 0 Å². The van der Waals surface area contributed by atoms with Crippen molar-refractivity contribution in [2.24, 2.45) is 0 Å². The standard InChI is InChI=1S/C26H21ClN2O4/c1-33-26(32)29(24-20-8-4-2-6-18(20)19-7-3-5-9-21(19)24)23(25(30)31)12-15-14-28-22-13-16(27)10-11-17(15)22/h2-11,13-14,23-24,28H,12H2,1H3,(H,30,31)/t23-/m1/s1. The van der Waals surface area contributed by atoms with Crippen LogP contribution in [0.4, 0.5) is 4.79 Å². The Bertz CT molecular complexity index is 1330. The minimum atomic E-state index is -1.16. The highest BCUT2D eigenvalue weighted by Gasteiger charge is 2.42. The molecule has 7 heteroatoms. The van der Waals surface area contributed by atoms with Crippen molar-refractivity contribution in [3.63, 3.8) is 0 Å². The molecule has 1 amide bonds. The summed E-state index contributed by atoms with van der Waals surface area (Å²) in [5.41, 5.74) is 5.31. The molecular formula is C26H21ClN2O4. The number of hydrogen-bond donors (Lipinski definition) is 2. The molecule has 0 fully saturated rings. The molecule has 0 saturated carbocycles. The van der Waals surface area contributed by atoms with Crippen molar-refractivity contribution in [2.45, 2.75) is 18.5 Å². The van der Waals surface area contributed by atoms with Crippen LogP contribution in [0.1, 0.15) is 22.7 Å². The first-order valence-corrected chi connectivity index (χ1v) is 10.9. The second-order valence-corrected chi connectivity index (χ2v) is 8.45. The molecule has 3 aromatic carbocycles. The largest absolute Gasteiger partial charge is 0.480 e. The summed E-state index contributed by atoms with van der Waals surface area (Å²) >= 11 is 6.09. The highest BCUT2D eigenvalue weighted by atomic mass is 35.5. The van der Waals surface area contributed by atoms with E-state index < -0.39 is 24.1 Å². The number of aliphatic carboxylic acids is 1. The fourth-order valence-electron chi connectivity index (χ4n) is 4.79. The lowest BCUT2D eigenvalue weighted by Crippen LogP contribution is -2.48. The predicted molar refractivity (Wildman–Crippen MR) is 126 cm³/mol. The van der Waals surface area contributed by atoms with Crippen molar-refractivity contribution < 1.29 is 19.4 Å². The average Bonchev–Trinajstić information content (AvgIpc) is 3.37. The van der Waals surface area contributed by atoms with Crippen LogP contribution < -0.4 is 0 Å². The summed E-state index contributed by atoms with van der Waals surface area (Å²) in [5.74, 6) is -1.11. The van der Waals surface area contributed by atoms with Crippen LogP contribution in [0.2, 0.25) is 5.02 Å². The second kappa shape index (κ2) is 8.30.